The summed E-state index contributed by atoms with van der Waals surface area (Å²) in [5, 5.41) is 0. The zero-order valence-corrected chi connectivity index (χ0v) is 12.8. The summed E-state index contributed by atoms with van der Waals surface area (Å²) in [6.07, 6.45) is 4.75. The summed E-state index contributed by atoms with van der Waals surface area (Å²) >= 11 is 3.43. The number of likely N-dealkylation sites (tertiary alicyclic amines) is 1. The first-order valence-corrected chi connectivity index (χ1v) is 7.24. The van der Waals surface area contributed by atoms with Crippen LogP contribution in [0.5, 0.6) is 0 Å². The number of carbonyl (C=O) groups is 2. The largest absolute Gasteiger partial charge is 0.467 e. The lowest BCUT2D eigenvalue weighted by atomic mass is 10.2. The molecule has 0 saturated carbocycles. The van der Waals surface area contributed by atoms with Gasteiger partial charge in [0.2, 0.25) is 5.91 Å². The van der Waals surface area contributed by atoms with E-state index < -0.39 is 6.04 Å². The van der Waals surface area contributed by atoms with Crippen molar-refractivity contribution in [1.82, 2.24) is 4.90 Å². The van der Waals surface area contributed by atoms with Crippen molar-refractivity contribution in [2.24, 2.45) is 0 Å². The maximum atomic E-state index is 12.2. The molecule has 4 nitrogen and oxygen atoms in total. The minimum absolute atomic E-state index is 0.159. The standard InChI is InChI=1S/C15H16BrNO3/c1-20-15(19)13-7-4-10-17(13)14(18)9-8-11-5-2-3-6-12(11)16/h2-3,5-6,8-9,13H,4,7,10H2,1H3/b9-8-/t13-/m1/s1. The summed E-state index contributed by atoms with van der Waals surface area (Å²) in [5.41, 5.74) is 0.926. The van der Waals surface area contributed by atoms with Crippen LogP contribution in [0.25, 0.3) is 6.08 Å². The second kappa shape index (κ2) is 6.70. The molecule has 0 radical (unpaired) electrons. The fourth-order valence-corrected chi connectivity index (χ4v) is 2.70. The van der Waals surface area contributed by atoms with Crippen LogP contribution in [0.2, 0.25) is 0 Å². The van der Waals surface area contributed by atoms with Gasteiger partial charge in [-0.3, -0.25) is 4.79 Å². The number of rotatable bonds is 3. The molecule has 1 fully saturated rings. The van der Waals surface area contributed by atoms with Gasteiger partial charge in [-0.2, -0.15) is 0 Å². The summed E-state index contributed by atoms with van der Waals surface area (Å²) in [6, 6.07) is 7.20. The van der Waals surface area contributed by atoms with Gasteiger partial charge in [0.15, 0.2) is 0 Å². The molecule has 1 aliphatic heterocycles. The summed E-state index contributed by atoms with van der Waals surface area (Å²) in [4.78, 5) is 25.4. The Kier molecular flexibility index (Phi) is 4.95. The molecule has 20 heavy (non-hydrogen) atoms. The molecule has 0 N–H and O–H groups in total. The van der Waals surface area contributed by atoms with E-state index in [1.807, 2.05) is 24.3 Å². The molecular weight excluding hydrogens is 322 g/mol. The SMILES string of the molecule is COC(=O)[C@H]1CCCN1C(=O)/C=C\c1ccccc1Br. The molecule has 1 aromatic carbocycles. The van der Waals surface area contributed by atoms with Crippen LogP contribution in [0.15, 0.2) is 34.8 Å². The zero-order chi connectivity index (χ0) is 14.5. The molecule has 1 atom stereocenters. The Morgan fingerprint density at radius 1 is 1.40 bits per heavy atom. The van der Waals surface area contributed by atoms with Crippen molar-refractivity contribution < 1.29 is 14.3 Å². The van der Waals surface area contributed by atoms with Crippen LogP contribution in [0, 0.1) is 0 Å². The molecule has 0 aliphatic carbocycles. The molecule has 106 valence electrons. The molecule has 1 saturated heterocycles. The van der Waals surface area contributed by atoms with Gasteiger partial charge < -0.3 is 9.64 Å². The molecule has 5 heteroatoms. The molecule has 1 amide bonds. The first-order chi connectivity index (χ1) is 9.63. The van der Waals surface area contributed by atoms with Gasteiger partial charge in [0.1, 0.15) is 6.04 Å². The van der Waals surface area contributed by atoms with Crippen molar-refractivity contribution in [3.8, 4) is 0 Å². The van der Waals surface area contributed by atoms with Gasteiger partial charge in [0.05, 0.1) is 7.11 Å². The highest BCUT2D eigenvalue weighted by Crippen LogP contribution is 2.20. The summed E-state index contributed by atoms with van der Waals surface area (Å²) in [5.74, 6) is -0.501. The molecule has 0 bridgehead atoms. The number of hydrogen-bond acceptors (Lipinski definition) is 3. The third kappa shape index (κ3) is 3.28. The van der Waals surface area contributed by atoms with Gasteiger partial charge in [-0.1, -0.05) is 34.1 Å². The summed E-state index contributed by atoms with van der Waals surface area (Å²) < 4.78 is 5.66. The topological polar surface area (TPSA) is 46.6 Å². The molecule has 1 aromatic rings. The van der Waals surface area contributed by atoms with E-state index in [-0.39, 0.29) is 11.9 Å². The van der Waals surface area contributed by atoms with E-state index in [2.05, 4.69) is 15.9 Å². The average molecular weight is 338 g/mol. The number of ether oxygens (including phenoxy) is 1. The van der Waals surface area contributed by atoms with Gasteiger partial charge in [-0.15, -0.1) is 0 Å². The van der Waals surface area contributed by atoms with E-state index in [1.54, 1.807) is 11.0 Å². The van der Waals surface area contributed by atoms with Crippen molar-refractivity contribution in [1.29, 1.82) is 0 Å². The molecule has 1 aliphatic rings. The lowest BCUT2D eigenvalue weighted by molar-refractivity contribution is -0.149. The maximum absolute atomic E-state index is 12.2. The van der Waals surface area contributed by atoms with E-state index in [4.69, 9.17) is 4.74 Å². The Bertz CT molecular complexity index is 542. The van der Waals surface area contributed by atoms with Crippen molar-refractivity contribution in [2.45, 2.75) is 18.9 Å². The van der Waals surface area contributed by atoms with Crippen LogP contribution >= 0.6 is 15.9 Å². The van der Waals surface area contributed by atoms with Gasteiger partial charge in [0, 0.05) is 17.1 Å². The number of halogens is 1. The molecule has 2 rings (SSSR count). The zero-order valence-electron chi connectivity index (χ0n) is 11.2. The van der Waals surface area contributed by atoms with Gasteiger partial charge >= 0.3 is 5.97 Å². The third-order valence-electron chi connectivity index (χ3n) is 3.32. The number of esters is 1. The van der Waals surface area contributed by atoms with E-state index in [1.165, 1.54) is 13.2 Å². The Labute approximate surface area is 126 Å². The summed E-state index contributed by atoms with van der Waals surface area (Å²) in [7, 11) is 1.35. The second-order valence-corrected chi connectivity index (χ2v) is 5.42. The highest BCUT2D eigenvalue weighted by Gasteiger charge is 2.33. The number of amides is 1. The lowest BCUT2D eigenvalue weighted by Crippen LogP contribution is -2.40. The van der Waals surface area contributed by atoms with Crippen molar-refractivity contribution in [2.75, 3.05) is 13.7 Å². The highest BCUT2D eigenvalue weighted by atomic mass is 79.9. The van der Waals surface area contributed by atoms with Crippen LogP contribution in [0.1, 0.15) is 18.4 Å². The van der Waals surface area contributed by atoms with E-state index in [0.29, 0.717) is 13.0 Å². The highest BCUT2D eigenvalue weighted by molar-refractivity contribution is 9.10. The normalized spacial score (nSPS) is 18.5. The van der Waals surface area contributed by atoms with Crippen LogP contribution in [0.4, 0.5) is 0 Å². The third-order valence-corrected chi connectivity index (χ3v) is 4.04. The molecule has 0 spiro atoms. The Morgan fingerprint density at radius 2 is 2.15 bits per heavy atom. The summed E-state index contributed by atoms with van der Waals surface area (Å²) in [6.45, 7) is 0.596. The molecule has 1 heterocycles. The van der Waals surface area contributed by atoms with Crippen LogP contribution in [0.3, 0.4) is 0 Å². The minimum atomic E-state index is -0.448. The monoisotopic (exact) mass is 337 g/mol. The number of nitrogens with zero attached hydrogens (tertiary/aromatic N) is 1. The molecule has 0 aromatic heterocycles. The van der Waals surface area contributed by atoms with Gasteiger partial charge in [-0.25, -0.2) is 4.79 Å². The number of carbonyl (C=O) groups excluding carboxylic acids is 2. The number of methoxy groups -OCH3 is 1. The second-order valence-electron chi connectivity index (χ2n) is 4.57. The predicted molar refractivity (Wildman–Crippen MR) is 79.9 cm³/mol. The smallest absolute Gasteiger partial charge is 0.328 e. The Hall–Kier alpha value is -1.62. The van der Waals surface area contributed by atoms with E-state index >= 15 is 0 Å². The quantitative estimate of drug-likeness (QED) is 0.629. The van der Waals surface area contributed by atoms with E-state index in [0.717, 1.165) is 16.5 Å². The van der Waals surface area contributed by atoms with Crippen LogP contribution < -0.4 is 0 Å². The molecular formula is C15H16BrNO3. The van der Waals surface area contributed by atoms with Crippen LogP contribution in [-0.2, 0) is 14.3 Å². The van der Waals surface area contributed by atoms with Crippen molar-refractivity contribution in [3.05, 3.63) is 40.4 Å². The molecule has 0 unspecified atom stereocenters. The average Bonchev–Trinajstić information content (AvgIpc) is 2.94. The van der Waals surface area contributed by atoms with Crippen LogP contribution in [-0.4, -0.2) is 36.5 Å². The maximum Gasteiger partial charge on any atom is 0.328 e. The fraction of sp³-hybridized carbons (Fsp3) is 0.333. The van der Waals surface area contributed by atoms with E-state index in [9.17, 15) is 9.59 Å². The van der Waals surface area contributed by atoms with Crippen molar-refractivity contribution in [3.63, 3.8) is 0 Å². The number of benzene rings is 1. The first kappa shape index (κ1) is 14.8. The van der Waals surface area contributed by atoms with Crippen molar-refractivity contribution >= 4 is 33.9 Å². The fourth-order valence-electron chi connectivity index (χ4n) is 2.28. The Morgan fingerprint density at radius 3 is 2.85 bits per heavy atom. The Balaban J connectivity index is 2.08. The lowest BCUT2D eigenvalue weighted by Gasteiger charge is -2.20. The van der Waals surface area contributed by atoms with Gasteiger partial charge in [-0.05, 0) is 30.5 Å². The number of hydrogen-bond donors (Lipinski definition) is 0. The van der Waals surface area contributed by atoms with Gasteiger partial charge in [0.25, 0.3) is 0 Å². The predicted octanol–water partition coefficient (Wildman–Crippen LogP) is 2.63. The first-order valence-electron chi connectivity index (χ1n) is 6.44. The minimum Gasteiger partial charge on any atom is -0.467 e.